The van der Waals surface area contributed by atoms with Gasteiger partial charge in [0.2, 0.25) is 5.91 Å². The molecule has 0 radical (unpaired) electrons. The van der Waals surface area contributed by atoms with Crippen molar-refractivity contribution in [3.05, 3.63) is 74.7 Å². The molecule has 0 saturated heterocycles. The summed E-state index contributed by atoms with van der Waals surface area (Å²) in [5.74, 6) is 1.43. The second-order valence-electron chi connectivity index (χ2n) is 9.31. The predicted molar refractivity (Wildman–Crippen MR) is 139 cm³/mol. The summed E-state index contributed by atoms with van der Waals surface area (Å²) in [5.41, 5.74) is 4.95. The van der Waals surface area contributed by atoms with E-state index in [1.165, 1.54) is 30.0 Å². The van der Waals surface area contributed by atoms with Crippen LogP contribution in [0.3, 0.4) is 0 Å². The molecule has 0 bridgehead atoms. The highest BCUT2D eigenvalue weighted by Crippen LogP contribution is 2.66. The summed E-state index contributed by atoms with van der Waals surface area (Å²) in [4.78, 5) is 12.6. The van der Waals surface area contributed by atoms with Crippen molar-refractivity contribution in [2.75, 3.05) is 0 Å². The molecule has 3 unspecified atom stereocenters. The van der Waals surface area contributed by atoms with Crippen LogP contribution in [0.1, 0.15) is 43.7 Å². The number of nitrogens with zero attached hydrogens (tertiary/aromatic N) is 1. The number of hydrogen-bond acceptors (Lipinski definition) is 3. The van der Waals surface area contributed by atoms with E-state index in [1.807, 2.05) is 24.3 Å². The Labute approximate surface area is 211 Å². The Hall–Kier alpha value is -2.18. The maximum Gasteiger partial charge on any atom is 0.244 e. The first-order valence-electron chi connectivity index (χ1n) is 11.4. The van der Waals surface area contributed by atoms with Gasteiger partial charge in [-0.15, -0.1) is 0 Å². The monoisotopic (exact) mass is 568 g/mol. The van der Waals surface area contributed by atoms with Gasteiger partial charge in [-0.2, -0.15) is 5.10 Å². The zero-order valence-electron chi connectivity index (χ0n) is 18.5. The lowest BCUT2D eigenvalue weighted by Crippen LogP contribution is -2.22. The number of fused-ring (bicyclic) bond motifs is 2. The van der Waals surface area contributed by atoms with Crippen LogP contribution in [0.25, 0.3) is 10.8 Å². The lowest BCUT2D eigenvalue weighted by molar-refractivity contribution is -0.123. The van der Waals surface area contributed by atoms with Gasteiger partial charge in [-0.1, -0.05) is 62.2 Å². The van der Waals surface area contributed by atoms with Gasteiger partial charge in [0.25, 0.3) is 0 Å². The number of carbonyl (C=O) groups excluding carboxylic acids is 1. The second kappa shape index (κ2) is 9.22. The molecular formula is C27H26Br2N2O2. The van der Waals surface area contributed by atoms with Crippen molar-refractivity contribution in [3.63, 3.8) is 0 Å². The van der Waals surface area contributed by atoms with E-state index in [-0.39, 0.29) is 17.2 Å². The highest BCUT2D eigenvalue weighted by Gasteiger charge is 2.64. The predicted octanol–water partition coefficient (Wildman–Crippen LogP) is 7.22. The van der Waals surface area contributed by atoms with Gasteiger partial charge >= 0.3 is 0 Å². The quantitative estimate of drug-likeness (QED) is 0.252. The summed E-state index contributed by atoms with van der Waals surface area (Å²) in [5, 5.41) is 6.61. The molecule has 1 amide bonds. The van der Waals surface area contributed by atoms with Gasteiger partial charge in [-0.25, -0.2) is 5.43 Å². The fourth-order valence-electron chi connectivity index (χ4n) is 5.45. The van der Waals surface area contributed by atoms with Crippen LogP contribution in [0.4, 0.5) is 0 Å². The van der Waals surface area contributed by atoms with Crippen LogP contribution in [-0.4, -0.2) is 12.1 Å². The van der Waals surface area contributed by atoms with Gasteiger partial charge < -0.3 is 4.74 Å². The van der Waals surface area contributed by atoms with E-state index in [0.717, 1.165) is 32.2 Å². The number of halogens is 2. The number of hydrogen-bond donors (Lipinski definition) is 1. The van der Waals surface area contributed by atoms with Crippen molar-refractivity contribution in [2.24, 2.45) is 22.4 Å². The SMILES string of the molecule is CC12CCCCC1C2C(=O)NN=Cc1cc(Br)c(OCc2cccc3ccccc23)c(Br)c1. The minimum Gasteiger partial charge on any atom is -0.487 e. The topological polar surface area (TPSA) is 50.7 Å². The molecule has 5 rings (SSSR count). The maximum atomic E-state index is 12.6. The number of nitrogens with one attached hydrogen (secondary N) is 1. The second-order valence-corrected chi connectivity index (χ2v) is 11.0. The van der Waals surface area contributed by atoms with Crippen molar-refractivity contribution in [2.45, 2.75) is 39.2 Å². The standard InChI is InChI=1S/C27H26Br2N2O2/c1-27-12-5-4-11-21(27)24(27)26(32)31-30-15-17-13-22(28)25(23(29)14-17)33-16-19-9-6-8-18-7-2-3-10-20(18)19/h2-3,6-10,13-15,21,24H,4-5,11-12,16H2,1H3,(H,31,32). The van der Waals surface area contributed by atoms with Crippen LogP contribution in [0.2, 0.25) is 0 Å². The molecule has 0 heterocycles. The van der Waals surface area contributed by atoms with E-state index in [4.69, 9.17) is 4.74 Å². The fraction of sp³-hybridized carbons (Fsp3) is 0.333. The minimum absolute atomic E-state index is 0.0498. The molecule has 2 saturated carbocycles. The zero-order valence-corrected chi connectivity index (χ0v) is 21.7. The Bertz CT molecular complexity index is 1210. The van der Waals surface area contributed by atoms with Gasteiger partial charge in [0.05, 0.1) is 15.2 Å². The highest BCUT2D eigenvalue weighted by molar-refractivity contribution is 9.11. The van der Waals surface area contributed by atoms with E-state index in [0.29, 0.717) is 12.5 Å². The van der Waals surface area contributed by atoms with Gasteiger partial charge in [0, 0.05) is 5.92 Å². The van der Waals surface area contributed by atoms with Crippen LogP contribution in [0, 0.1) is 17.3 Å². The fourth-order valence-corrected chi connectivity index (χ4v) is 6.90. The number of amides is 1. The molecule has 3 atom stereocenters. The summed E-state index contributed by atoms with van der Waals surface area (Å²) >= 11 is 7.24. The molecule has 4 nitrogen and oxygen atoms in total. The molecule has 1 N–H and O–H groups in total. The molecule has 6 heteroatoms. The normalized spacial score (nSPS) is 24.0. The minimum atomic E-state index is 0.0498. The van der Waals surface area contributed by atoms with Crippen LogP contribution < -0.4 is 10.2 Å². The Kier molecular flexibility index (Phi) is 6.32. The molecule has 170 valence electrons. The summed E-state index contributed by atoms with van der Waals surface area (Å²) in [6, 6.07) is 18.4. The van der Waals surface area contributed by atoms with E-state index >= 15 is 0 Å². The Balaban J connectivity index is 1.23. The third kappa shape index (κ3) is 4.47. The van der Waals surface area contributed by atoms with Crippen molar-refractivity contribution in [1.82, 2.24) is 5.43 Å². The average molecular weight is 570 g/mol. The molecule has 2 aliphatic carbocycles. The molecule has 2 aliphatic rings. The summed E-state index contributed by atoms with van der Waals surface area (Å²) in [6.07, 6.45) is 6.47. The lowest BCUT2D eigenvalue weighted by atomic mass is 9.90. The number of carbonyl (C=O) groups is 1. The van der Waals surface area contributed by atoms with Crippen LogP contribution in [0.5, 0.6) is 5.75 Å². The van der Waals surface area contributed by atoms with Crippen molar-refractivity contribution >= 4 is 54.8 Å². The van der Waals surface area contributed by atoms with Crippen LogP contribution >= 0.6 is 31.9 Å². The van der Waals surface area contributed by atoms with E-state index in [9.17, 15) is 4.79 Å². The largest absolute Gasteiger partial charge is 0.487 e. The summed E-state index contributed by atoms with van der Waals surface area (Å²) < 4.78 is 7.81. The number of rotatable bonds is 6. The molecule has 3 aromatic rings. The Morgan fingerprint density at radius 1 is 1.15 bits per heavy atom. The number of ether oxygens (including phenoxy) is 1. The highest BCUT2D eigenvalue weighted by atomic mass is 79.9. The van der Waals surface area contributed by atoms with Gasteiger partial charge in [-0.05, 0) is 90.1 Å². The Morgan fingerprint density at radius 3 is 2.67 bits per heavy atom. The van der Waals surface area contributed by atoms with Crippen molar-refractivity contribution < 1.29 is 9.53 Å². The molecule has 2 fully saturated rings. The van der Waals surface area contributed by atoms with Gasteiger partial charge in [0.15, 0.2) is 0 Å². The van der Waals surface area contributed by atoms with E-state index in [2.05, 4.69) is 79.6 Å². The van der Waals surface area contributed by atoms with E-state index in [1.54, 1.807) is 6.21 Å². The number of benzene rings is 3. The third-order valence-corrected chi connectivity index (χ3v) is 8.45. The maximum absolute atomic E-state index is 12.6. The first kappa shape index (κ1) is 22.6. The van der Waals surface area contributed by atoms with Crippen molar-refractivity contribution in [3.8, 4) is 5.75 Å². The average Bonchev–Trinajstić information content (AvgIpc) is 3.44. The molecule has 0 aliphatic heterocycles. The smallest absolute Gasteiger partial charge is 0.244 e. The zero-order chi connectivity index (χ0) is 23.0. The van der Waals surface area contributed by atoms with E-state index < -0.39 is 0 Å². The molecule has 0 spiro atoms. The molecular weight excluding hydrogens is 544 g/mol. The molecule has 33 heavy (non-hydrogen) atoms. The third-order valence-electron chi connectivity index (χ3n) is 7.27. The van der Waals surface area contributed by atoms with Gasteiger partial charge in [0.1, 0.15) is 12.4 Å². The molecule has 3 aromatic carbocycles. The molecule has 0 aromatic heterocycles. The van der Waals surface area contributed by atoms with Crippen LogP contribution in [-0.2, 0) is 11.4 Å². The summed E-state index contributed by atoms with van der Waals surface area (Å²) in [6.45, 7) is 2.71. The Morgan fingerprint density at radius 2 is 1.91 bits per heavy atom. The summed E-state index contributed by atoms with van der Waals surface area (Å²) in [7, 11) is 0. The van der Waals surface area contributed by atoms with Crippen molar-refractivity contribution in [1.29, 1.82) is 0 Å². The number of hydrazone groups is 1. The van der Waals surface area contributed by atoms with Gasteiger partial charge in [-0.3, -0.25) is 4.79 Å². The first-order chi connectivity index (χ1) is 16.0. The van der Waals surface area contributed by atoms with Crippen LogP contribution in [0.15, 0.2) is 68.6 Å². The lowest BCUT2D eigenvalue weighted by Gasteiger charge is -2.15. The first-order valence-corrected chi connectivity index (χ1v) is 13.0.